The van der Waals surface area contributed by atoms with E-state index < -0.39 is 35.8 Å². The lowest BCUT2D eigenvalue weighted by molar-refractivity contribution is -0.153. The molecule has 3 aromatic rings. The molecule has 148 valence electrons. The van der Waals surface area contributed by atoms with Crippen LogP contribution in [-0.4, -0.2) is 22.2 Å². The Morgan fingerprint density at radius 2 is 1.68 bits per heavy atom. The van der Waals surface area contributed by atoms with Crippen molar-refractivity contribution < 1.29 is 31.1 Å². The number of fused-ring (bicyclic) bond motifs is 1. The Bertz CT molecular complexity index is 1070. The summed E-state index contributed by atoms with van der Waals surface area (Å²) in [5, 5.41) is 0. The van der Waals surface area contributed by atoms with Crippen LogP contribution in [0.4, 0.5) is 26.3 Å². The lowest BCUT2D eigenvalue weighted by atomic mass is 10.0. The van der Waals surface area contributed by atoms with Gasteiger partial charge in [0.05, 0.1) is 5.56 Å². The van der Waals surface area contributed by atoms with Crippen LogP contribution in [0.2, 0.25) is 0 Å². The molecule has 0 radical (unpaired) electrons. The number of aromatic nitrogens is 2. The fourth-order valence-corrected chi connectivity index (χ4v) is 2.59. The molecule has 28 heavy (non-hydrogen) atoms. The highest BCUT2D eigenvalue weighted by Gasteiger charge is 2.38. The number of nitrogens with zero attached hydrogens (tertiary/aromatic N) is 2. The van der Waals surface area contributed by atoms with Crippen LogP contribution in [0.15, 0.2) is 47.4 Å². The molecule has 0 atom stereocenters. The lowest BCUT2D eigenvalue weighted by Gasteiger charge is -2.14. The summed E-state index contributed by atoms with van der Waals surface area (Å²) in [6.45, 7) is 0.104. The number of ether oxygens (including phenoxy) is 1. The molecule has 0 saturated heterocycles. The molecule has 3 rings (SSSR count). The highest BCUT2D eigenvalue weighted by molar-refractivity contribution is 5.68. The van der Waals surface area contributed by atoms with E-state index in [0.717, 1.165) is 28.7 Å². The SMILES string of the molecule is Cc1ccn2c(=O)c(-c3ccc(OCC(F)(F)F)cc3)c(C(F)(F)F)nc2c1. The highest BCUT2D eigenvalue weighted by Crippen LogP contribution is 2.34. The van der Waals surface area contributed by atoms with Crippen molar-refractivity contribution in [3.05, 3.63) is 64.2 Å². The fourth-order valence-electron chi connectivity index (χ4n) is 2.59. The molecule has 0 bridgehead atoms. The molecule has 10 heteroatoms. The molecule has 0 spiro atoms. The van der Waals surface area contributed by atoms with Gasteiger partial charge in [-0.2, -0.15) is 26.3 Å². The van der Waals surface area contributed by atoms with Gasteiger partial charge < -0.3 is 4.74 Å². The van der Waals surface area contributed by atoms with E-state index in [1.54, 1.807) is 13.0 Å². The number of hydrogen-bond acceptors (Lipinski definition) is 3. The molecule has 1 aromatic carbocycles. The zero-order valence-electron chi connectivity index (χ0n) is 14.2. The van der Waals surface area contributed by atoms with Crippen molar-refractivity contribution in [3.63, 3.8) is 0 Å². The summed E-state index contributed by atoms with van der Waals surface area (Å²) in [6, 6.07) is 7.17. The van der Waals surface area contributed by atoms with Gasteiger partial charge in [0.25, 0.3) is 5.56 Å². The Labute approximate surface area is 154 Å². The van der Waals surface area contributed by atoms with Crippen LogP contribution in [0.1, 0.15) is 11.3 Å². The minimum absolute atomic E-state index is 0.140. The van der Waals surface area contributed by atoms with Crippen molar-refractivity contribution in [3.8, 4) is 16.9 Å². The molecular formula is C18H12F6N2O2. The molecule has 0 amide bonds. The second-order valence-electron chi connectivity index (χ2n) is 6.00. The topological polar surface area (TPSA) is 43.6 Å². The van der Waals surface area contributed by atoms with Gasteiger partial charge in [0.1, 0.15) is 11.4 Å². The Hall–Kier alpha value is -3.04. The number of benzene rings is 1. The number of pyridine rings is 1. The van der Waals surface area contributed by atoms with Gasteiger partial charge in [-0.25, -0.2) is 4.98 Å². The molecule has 0 aliphatic heterocycles. The maximum atomic E-state index is 13.5. The summed E-state index contributed by atoms with van der Waals surface area (Å²) in [4.78, 5) is 16.3. The first-order valence-electron chi connectivity index (χ1n) is 7.86. The highest BCUT2D eigenvalue weighted by atomic mass is 19.4. The Morgan fingerprint density at radius 1 is 1.04 bits per heavy atom. The molecule has 0 N–H and O–H groups in total. The van der Waals surface area contributed by atoms with Gasteiger partial charge in [0.2, 0.25) is 0 Å². The van der Waals surface area contributed by atoms with E-state index in [1.807, 2.05) is 0 Å². The van der Waals surface area contributed by atoms with Crippen LogP contribution in [0.5, 0.6) is 5.75 Å². The van der Waals surface area contributed by atoms with Gasteiger partial charge in [0.15, 0.2) is 12.3 Å². The minimum Gasteiger partial charge on any atom is -0.484 e. The second kappa shape index (κ2) is 6.84. The van der Waals surface area contributed by atoms with Crippen molar-refractivity contribution >= 4 is 5.65 Å². The molecular weight excluding hydrogens is 390 g/mol. The van der Waals surface area contributed by atoms with Crippen LogP contribution in [0.3, 0.4) is 0 Å². The second-order valence-corrected chi connectivity index (χ2v) is 6.00. The molecule has 0 unspecified atom stereocenters. The first-order chi connectivity index (χ1) is 13.0. The van der Waals surface area contributed by atoms with E-state index in [0.29, 0.717) is 5.56 Å². The van der Waals surface area contributed by atoms with E-state index in [1.165, 1.54) is 12.3 Å². The van der Waals surface area contributed by atoms with E-state index in [9.17, 15) is 31.1 Å². The van der Waals surface area contributed by atoms with Crippen molar-refractivity contribution in [2.24, 2.45) is 0 Å². The van der Waals surface area contributed by atoms with Crippen LogP contribution in [-0.2, 0) is 6.18 Å². The Kier molecular flexibility index (Phi) is 4.82. The zero-order valence-corrected chi connectivity index (χ0v) is 14.2. The quantitative estimate of drug-likeness (QED) is 0.600. The standard InChI is InChI=1S/C18H12F6N2O2/c1-10-6-7-26-13(8-10)25-15(18(22,23)24)14(16(26)27)11-2-4-12(5-3-11)28-9-17(19,20)21/h2-8H,9H2,1H3. The third kappa shape index (κ3) is 4.10. The lowest BCUT2D eigenvalue weighted by Crippen LogP contribution is -2.24. The molecule has 0 aliphatic rings. The third-order valence-corrected chi connectivity index (χ3v) is 3.80. The maximum Gasteiger partial charge on any atom is 0.434 e. The van der Waals surface area contributed by atoms with Crippen LogP contribution in [0, 0.1) is 6.92 Å². The average Bonchev–Trinajstić information content (AvgIpc) is 2.59. The summed E-state index contributed by atoms with van der Waals surface area (Å²) in [7, 11) is 0. The zero-order chi connectivity index (χ0) is 20.7. The molecule has 2 aromatic heterocycles. The van der Waals surface area contributed by atoms with E-state index in [2.05, 4.69) is 9.72 Å². The number of rotatable bonds is 3. The van der Waals surface area contributed by atoms with Crippen LogP contribution < -0.4 is 10.3 Å². The largest absolute Gasteiger partial charge is 0.484 e. The average molecular weight is 402 g/mol. The van der Waals surface area contributed by atoms with Gasteiger partial charge >= 0.3 is 12.4 Å². The van der Waals surface area contributed by atoms with Crippen molar-refractivity contribution in [1.82, 2.24) is 9.38 Å². The molecule has 0 saturated carbocycles. The third-order valence-electron chi connectivity index (χ3n) is 3.80. The summed E-state index contributed by atoms with van der Waals surface area (Å²) in [5.74, 6) is -0.195. The van der Waals surface area contributed by atoms with Gasteiger partial charge in [-0.15, -0.1) is 0 Å². The molecule has 4 nitrogen and oxygen atoms in total. The van der Waals surface area contributed by atoms with Crippen molar-refractivity contribution in [2.75, 3.05) is 6.61 Å². The molecule has 2 heterocycles. The summed E-state index contributed by atoms with van der Waals surface area (Å²) in [6.07, 6.45) is -8.15. The monoisotopic (exact) mass is 402 g/mol. The summed E-state index contributed by atoms with van der Waals surface area (Å²) >= 11 is 0. The van der Waals surface area contributed by atoms with Crippen LogP contribution in [0.25, 0.3) is 16.8 Å². The predicted molar refractivity (Wildman–Crippen MR) is 88.2 cm³/mol. The van der Waals surface area contributed by atoms with E-state index >= 15 is 0 Å². The first kappa shape index (κ1) is 19.7. The Morgan fingerprint density at radius 3 is 2.25 bits per heavy atom. The number of hydrogen-bond donors (Lipinski definition) is 0. The van der Waals surface area contributed by atoms with Crippen molar-refractivity contribution in [2.45, 2.75) is 19.3 Å². The smallest absolute Gasteiger partial charge is 0.434 e. The molecule has 0 aliphatic carbocycles. The summed E-state index contributed by atoms with van der Waals surface area (Å²) < 4.78 is 82.6. The van der Waals surface area contributed by atoms with E-state index in [-0.39, 0.29) is 17.0 Å². The fraction of sp³-hybridized carbons (Fsp3) is 0.222. The number of aryl methyl sites for hydroxylation is 1. The predicted octanol–water partition coefficient (Wildman–Crippen LogP) is 4.63. The van der Waals surface area contributed by atoms with Crippen molar-refractivity contribution in [1.29, 1.82) is 0 Å². The van der Waals surface area contributed by atoms with Gasteiger partial charge in [-0.3, -0.25) is 9.20 Å². The van der Waals surface area contributed by atoms with Gasteiger partial charge in [-0.05, 0) is 42.3 Å². The maximum absolute atomic E-state index is 13.5. The van der Waals surface area contributed by atoms with Gasteiger partial charge in [0, 0.05) is 6.20 Å². The molecule has 0 fully saturated rings. The Balaban J connectivity index is 2.12. The number of alkyl halides is 6. The summed E-state index contributed by atoms with van der Waals surface area (Å²) in [5.41, 5.74) is -2.69. The van der Waals surface area contributed by atoms with E-state index in [4.69, 9.17) is 0 Å². The van der Waals surface area contributed by atoms with Crippen LogP contribution >= 0.6 is 0 Å². The van der Waals surface area contributed by atoms with Gasteiger partial charge in [-0.1, -0.05) is 12.1 Å². The normalized spacial score (nSPS) is 12.4. The first-order valence-corrected chi connectivity index (χ1v) is 7.86. The number of halogens is 6. The minimum atomic E-state index is -4.90.